The second kappa shape index (κ2) is 6.55. The maximum Gasteiger partial charge on any atom is 0.343 e. The summed E-state index contributed by atoms with van der Waals surface area (Å²) in [5.41, 5.74) is 1.63. The number of para-hydroxylation sites is 1. The smallest absolute Gasteiger partial charge is 0.343 e. The lowest BCUT2D eigenvalue weighted by Gasteiger charge is -2.04. The van der Waals surface area contributed by atoms with Gasteiger partial charge in [-0.25, -0.2) is 4.79 Å². The molecule has 2 nitrogen and oxygen atoms in total. The number of hydrogen-bond donors (Lipinski definition) is 0. The Hall–Kier alpha value is -2.35. The first-order valence-corrected chi connectivity index (χ1v) is 6.33. The highest BCUT2D eigenvalue weighted by Gasteiger charge is 2.07. The molecule has 2 aromatic carbocycles. The van der Waals surface area contributed by atoms with Crippen LogP contribution in [0.1, 0.15) is 29.3 Å². The summed E-state index contributed by atoms with van der Waals surface area (Å²) in [7, 11) is 0. The van der Waals surface area contributed by atoms with Gasteiger partial charge in [0.05, 0.1) is 5.56 Å². The van der Waals surface area contributed by atoms with E-state index in [9.17, 15) is 4.79 Å². The minimum absolute atomic E-state index is 0.336. The minimum atomic E-state index is -0.336. The fourth-order valence-electron chi connectivity index (χ4n) is 1.64. The van der Waals surface area contributed by atoms with Gasteiger partial charge in [0.2, 0.25) is 0 Å². The van der Waals surface area contributed by atoms with E-state index in [-0.39, 0.29) is 5.97 Å². The van der Waals surface area contributed by atoms with Crippen LogP contribution in [0.25, 0.3) is 6.08 Å². The molecule has 0 aromatic heterocycles. The van der Waals surface area contributed by atoms with E-state index in [0.29, 0.717) is 11.3 Å². The molecule has 2 aromatic rings. The lowest BCUT2D eigenvalue weighted by atomic mass is 10.1. The summed E-state index contributed by atoms with van der Waals surface area (Å²) in [6.45, 7) is 2.09. The zero-order valence-corrected chi connectivity index (χ0v) is 10.9. The van der Waals surface area contributed by atoms with Crippen LogP contribution in [0.2, 0.25) is 0 Å². The first kappa shape index (κ1) is 13.1. The normalized spacial score (nSPS) is 10.6. The van der Waals surface area contributed by atoms with Crippen molar-refractivity contribution in [1.82, 2.24) is 0 Å². The van der Waals surface area contributed by atoms with E-state index < -0.39 is 0 Å². The highest BCUT2D eigenvalue weighted by atomic mass is 16.5. The van der Waals surface area contributed by atoms with Crippen LogP contribution in [0.5, 0.6) is 5.75 Å². The van der Waals surface area contributed by atoms with Crippen LogP contribution in [-0.4, -0.2) is 5.97 Å². The molecule has 0 amide bonds. The Balaban J connectivity index is 2.05. The van der Waals surface area contributed by atoms with Crippen molar-refractivity contribution < 1.29 is 9.53 Å². The molecule has 96 valence electrons. The molecule has 0 aliphatic heterocycles. The average molecular weight is 252 g/mol. The number of carbonyl (C=O) groups is 1. The molecule has 0 fully saturated rings. The van der Waals surface area contributed by atoms with Crippen LogP contribution < -0.4 is 4.74 Å². The summed E-state index contributed by atoms with van der Waals surface area (Å²) in [5.74, 6) is 0.222. The Bertz CT molecular complexity index is 554. The molecule has 0 radical (unpaired) electrons. The van der Waals surface area contributed by atoms with Crippen molar-refractivity contribution >= 4 is 12.0 Å². The summed E-state index contributed by atoms with van der Waals surface area (Å²) in [5, 5.41) is 0. The SMILES string of the molecule is CCC=Cc1ccc(C(=O)Oc2ccccc2)cc1. The molecule has 0 N–H and O–H groups in total. The van der Waals surface area contributed by atoms with Gasteiger partial charge < -0.3 is 4.74 Å². The molecule has 0 aliphatic rings. The van der Waals surface area contributed by atoms with Crippen LogP contribution in [-0.2, 0) is 0 Å². The highest BCUT2D eigenvalue weighted by molar-refractivity contribution is 5.91. The van der Waals surface area contributed by atoms with E-state index in [0.717, 1.165) is 12.0 Å². The van der Waals surface area contributed by atoms with Gasteiger partial charge in [0.15, 0.2) is 0 Å². The van der Waals surface area contributed by atoms with Crippen molar-refractivity contribution in [2.45, 2.75) is 13.3 Å². The Morgan fingerprint density at radius 2 is 1.74 bits per heavy atom. The molecule has 0 saturated carbocycles. The number of esters is 1. The second-order valence-electron chi connectivity index (χ2n) is 4.14. The van der Waals surface area contributed by atoms with Crippen molar-refractivity contribution in [3.63, 3.8) is 0 Å². The third-order valence-electron chi connectivity index (χ3n) is 2.65. The van der Waals surface area contributed by atoms with E-state index in [1.54, 1.807) is 24.3 Å². The van der Waals surface area contributed by atoms with Gasteiger partial charge in [0.1, 0.15) is 5.75 Å². The first-order chi connectivity index (χ1) is 9.29. The van der Waals surface area contributed by atoms with Crippen molar-refractivity contribution in [1.29, 1.82) is 0 Å². The van der Waals surface area contributed by atoms with Crippen LogP contribution >= 0.6 is 0 Å². The van der Waals surface area contributed by atoms with E-state index in [1.165, 1.54) is 0 Å². The fraction of sp³-hybridized carbons (Fsp3) is 0.118. The minimum Gasteiger partial charge on any atom is -0.423 e. The standard InChI is InChI=1S/C17H16O2/c1-2-3-7-14-10-12-15(13-11-14)17(18)19-16-8-5-4-6-9-16/h3-13H,2H2,1H3. The number of ether oxygens (including phenoxy) is 1. The molecule has 19 heavy (non-hydrogen) atoms. The van der Waals surface area contributed by atoms with Crippen molar-refractivity contribution in [2.24, 2.45) is 0 Å². The third-order valence-corrected chi connectivity index (χ3v) is 2.65. The van der Waals surface area contributed by atoms with E-state index in [2.05, 4.69) is 13.0 Å². The lowest BCUT2D eigenvalue weighted by molar-refractivity contribution is 0.0735. The summed E-state index contributed by atoms with van der Waals surface area (Å²) < 4.78 is 5.26. The maximum atomic E-state index is 11.9. The molecule has 0 unspecified atom stereocenters. The van der Waals surface area contributed by atoms with Crippen molar-refractivity contribution in [2.75, 3.05) is 0 Å². The molecule has 2 heteroatoms. The molecule has 0 bridgehead atoms. The van der Waals surface area contributed by atoms with Gasteiger partial charge in [0.25, 0.3) is 0 Å². The summed E-state index contributed by atoms with van der Waals surface area (Å²) in [4.78, 5) is 11.9. The van der Waals surface area contributed by atoms with Crippen LogP contribution in [0.3, 0.4) is 0 Å². The van der Waals surface area contributed by atoms with E-state index in [1.807, 2.05) is 36.4 Å². The Labute approximate surface area is 113 Å². The van der Waals surface area contributed by atoms with Crippen LogP contribution in [0, 0.1) is 0 Å². The monoisotopic (exact) mass is 252 g/mol. The topological polar surface area (TPSA) is 26.3 Å². The Morgan fingerprint density at radius 1 is 1.05 bits per heavy atom. The van der Waals surface area contributed by atoms with Crippen molar-refractivity contribution in [3.05, 3.63) is 71.8 Å². The molecule has 0 saturated heterocycles. The predicted molar refractivity (Wildman–Crippen MR) is 77.2 cm³/mol. The first-order valence-electron chi connectivity index (χ1n) is 6.33. The quantitative estimate of drug-likeness (QED) is 0.598. The van der Waals surface area contributed by atoms with Crippen LogP contribution in [0.15, 0.2) is 60.7 Å². The molecule has 0 atom stereocenters. The zero-order valence-electron chi connectivity index (χ0n) is 10.9. The van der Waals surface area contributed by atoms with E-state index >= 15 is 0 Å². The van der Waals surface area contributed by atoms with Gasteiger partial charge in [-0.05, 0) is 36.2 Å². The number of rotatable bonds is 4. The highest BCUT2D eigenvalue weighted by Crippen LogP contribution is 2.13. The number of hydrogen-bond acceptors (Lipinski definition) is 2. The fourth-order valence-corrected chi connectivity index (χ4v) is 1.64. The van der Waals surface area contributed by atoms with E-state index in [4.69, 9.17) is 4.74 Å². The summed E-state index contributed by atoms with van der Waals surface area (Å²) >= 11 is 0. The summed E-state index contributed by atoms with van der Waals surface area (Å²) in [6.07, 6.45) is 5.11. The predicted octanol–water partition coefficient (Wildman–Crippen LogP) is 4.33. The van der Waals surface area contributed by atoms with Gasteiger partial charge in [-0.3, -0.25) is 0 Å². The van der Waals surface area contributed by atoms with Gasteiger partial charge in [-0.2, -0.15) is 0 Å². The number of carbonyl (C=O) groups excluding carboxylic acids is 1. The number of benzene rings is 2. The molecule has 0 aliphatic carbocycles. The van der Waals surface area contributed by atoms with Gasteiger partial charge in [-0.15, -0.1) is 0 Å². The molecule has 0 heterocycles. The zero-order chi connectivity index (χ0) is 13.5. The Morgan fingerprint density at radius 3 is 2.37 bits per heavy atom. The molecule has 0 spiro atoms. The summed E-state index contributed by atoms with van der Waals surface area (Å²) in [6, 6.07) is 16.4. The lowest BCUT2D eigenvalue weighted by Crippen LogP contribution is -2.08. The largest absolute Gasteiger partial charge is 0.423 e. The van der Waals surface area contributed by atoms with Crippen LogP contribution in [0.4, 0.5) is 0 Å². The van der Waals surface area contributed by atoms with Gasteiger partial charge in [0, 0.05) is 0 Å². The van der Waals surface area contributed by atoms with Gasteiger partial charge >= 0.3 is 5.97 Å². The maximum absolute atomic E-state index is 11.9. The molecular formula is C17H16O2. The average Bonchev–Trinajstić information content (AvgIpc) is 2.46. The third kappa shape index (κ3) is 3.81. The molecule has 2 rings (SSSR count). The molecular weight excluding hydrogens is 236 g/mol. The second-order valence-corrected chi connectivity index (χ2v) is 4.14. The Kier molecular flexibility index (Phi) is 4.51. The number of allylic oxidation sites excluding steroid dienone is 1. The van der Waals surface area contributed by atoms with Crippen molar-refractivity contribution in [3.8, 4) is 5.75 Å². The van der Waals surface area contributed by atoms with Gasteiger partial charge in [-0.1, -0.05) is 49.4 Å².